The normalized spacial score (nSPS) is 39.5. The molecule has 0 aromatic heterocycles. The third kappa shape index (κ3) is 2.39. The molecule has 2 nitrogen and oxygen atoms in total. The number of carbonyl (C=O) groups excluding carboxylic acids is 1. The molecule has 0 bridgehead atoms. The standard InChI is InChI=1S/C10H16FNO.C2H6/c1-7(13)8-3-10(2)4-9(11)6-12(10)5-8;1-2/h8-9H,3-6H2,1-2H3;1-2H3. The van der Waals surface area contributed by atoms with Crippen molar-refractivity contribution in [3.8, 4) is 0 Å². The van der Waals surface area contributed by atoms with E-state index in [9.17, 15) is 9.18 Å². The minimum atomic E-state index is -0.682. The Morgan fingerprint density at radius 1 is 1.33 bits per heavy atom. The van der Waals surface area contributed by atoms with Crippen molar-refractivity contribution in [2.75, 3.05) is 13.1 Å². The first-order valence-corrected chi connectivity index (χ1v) is 5.91. The molecule has 0 aromatic rings. The summed E-state index contributed by atoms with van der Waals surface area (Å²) >= 11 is 0. The quantitative estimate of drug-likeness (QED) is 0.669. The lowest BCUT2D eigenvalue weighted by Gasteiger charge is -2.25. The maximum Gasteiger partial charge on any atom is 0.134 e. The Labute approximate surface area is 91.8 Å². The molecule has 0 N–H and O–H groups in total. The molecule has 2 heterocycles. The molecule has 2 saturated heterocycles. The summed E-state index contributed by atoms with van der Waals surface area (Å²) in [5.41, 5.74) is -0.0320. The Bertz CT molecular complexity index is 244. The summed E-state index contributed by atoms with van der Waals surface area (Å²) in [6.45, 7) is 9.02. The Balaban J connectivity index is 0.000000531. The van der Waals surface area contributed by atoms with Crippen LogP contribution in [0.1, 0.15) is 40.5 Å². The van der Waals surface area contributed by atoms with E-state index in [-0.39, 0.29) is 17.2 Å². The van der Waals surface area contributed by atoms with Gasteiger partial charge in [-0.25, -0.2) is 4.39 Å². The van der Waals surface area contributed by atoms with Crippen LogP contribution in [-0.4, -0.2) is 35.5 Å². The fourth-order valence-corrected chi connectivity index (χ4v) is 2.77. The molecule has 2 aliphatic rings. The SMILES string of the molecule is CC.CC(=O)C1CN2CC(F)CC2(C)C1. The third-order valence-electron chi connectivity index (χ3n) is 3.55. The van der Waals surface area contributed by atoms with Crippen LogP contribution in [0, 0.1) is 5.92 Å². The Hall–Kier alpha value is -0.440. The molecule has 3 unspecified atom stereocenters. The summed E-state index contributed by atoms with van der Waals surface area (Å²) in [7, 11) is 0. The van der Waals surface area contributed by atoms with Gasteiger partial charge in [0, 0.05) is 24.5 Å². The first kappa shape index (κ1) is 12.6. The molecule has 0 radical (unpaired) electrons. The zero-order valence-corrected chi connectivity index (χ0v) is 10.2. The van der Waals surface area contributed by atoms with Crippen molar-refractivity contribution >= 4 is 5.78 Å². The highest BCUT2D eigenvalue weighted by molar-refractivity contribution is 5.79. The molecule has 0 spiro atoms. The molecule has 15 heavy (non-hydrogen) atoms. The number of fused-ring (bicyclic) bond motifs is 1. The van der Waals surface area contributed by atoms with Crippen LogP contribution < -0.4 is 0 Å². The van der Waals surface area contributed by atoms with Crippen LogP contribution in [0.15, 0.2) is 0 Å². The van der Waals surface area contributed by atoms with Crippen molar-refractivity contribution in [2.45, 2.75) is 52.2 Å². The van der Waals surface area contributed by atoms with Crippen molar-refractivity contribution in [3.05, 3.63) is 0 Å². The molecule has 0 saturated carbocycles. The van der Waals surface area contributed by atoms with Gasteiger partial charge in [-0.05, 0) is 26.7 Å². The van der Waals surface area contributed by atoms with Crippen molar-refractivity contribution in [1.29, 1.82) is 0 Å². The average molecular weight is 215 g/mol. The Kier molecular flexibility index (Phi) is 3.87. The predicted octanol–water partition coefficient (Wildman–Crippen LogP) is 2.42. The molecule has 2 aliphatic heterocycles. The summed E-state index contributed by atoms with van der Waals surface area (Å²) in [6, 6.07) is 0. The number of hydrogen-bond acceptors (Lipinski definition) is 2. The molecule has 2 rings (SSSR count). The van der Waals surface area contributed by atoms with E-state index in [1.54, 1.807) is 6.92 Å². The van der Waals surface area contributed by atoms with Crippen LogP contribution in [0.4, 0.5) is 4.39 Å². The Morgan fingerprint density at radius 3 is 2.40 bits per heavy atom. The van der Waals surface area contributed by atoms with Gasteiger partial charge >= 0.3 is 0 Å². The fraction of sp³-hybridized carbons (Fsp3) is 0.917. The number of rotatable bonds is 1. The van der Waals surface area contributed by atoms with Crippen LogP contribution in [0.25, 0.3) is 0 Å². The molecular weight excluding hydrogens is 193 g/mol. The third-order valence-corrected chi connectivity index (χ3v) is 3.55. The summed E-state index contributed by atoms with van der Waals surface area (Å²) in [5.74, 6) is 0.406. The van der Waals surface area contributed by atoms with Gasteiger partial charge in [0.1, 0.15) is 12.0 Å². The first-order chi connectivity index (χ1) is 7.01. The van der Waals surface area contributed by atoms with Crippen molar-refractivity contribution in [3.63, 3.8) is 0 Å². The first-order valence-electron chi connectivity index (χ1n) is 5.91. The van der Waals surface area contributed by atoms with Crippen LogP contribution in [0.3, 0.4) is 0 Å². The van der Waals surface area contributed by atoms with Gasteiger partial charge in [-0.15, -0.1) is 0 Å². The topological polar surface area (TPSA) is 20.3 Å². The summed E-state index contributed by atoms with van der Waals surface area (Å²) < 4.78 is 13.1. The molecule has 3 heteroatoms. The van der Waals surface area contributed by atoms with E-state index >= 15 is 0 Å². The van der Waals surface area contributed by atoms with Gasteiger partial charge in [0.2, 0.25) is 0 Å². The predicted molar refractivity (Wildman–Crippen MR) is 59.6 cm³/mol. The highest BCUT2D eigenvalue weighted by Crippen LogP contribution is 2.42. The van der Waals surface area contributed by atoms with E-state index in [1.165, 1.54) is 0 Å². The molecular formula is C12H22FNO. The van der Waals surface area contributed by atoms with Crippen molar-refractivity contribution < 1.29 is 9.18 Å². The molecule has 88 valence electrons. The monoisotopic (exact) mass is 215 g/mol. The fourth-order valence-electron chi connectivity index (χ4n) is 2.77. The van der Waals surface area contributed by atoms with Crippen LogP contribution in [-0.2, 0) is 4.79 Å². The number of hydrogen-bond donors (Lipinski definition) is 0. The summed E-state index contributed by atoms with van der Waals surface area (Å²) in [4.78, 5) is 13.3. The van der Waals surface area contributed by atoms with E-state index in [1.807, 2.05) is 13.8 Å². The minimum absolute atomic E-state index is 0.0320. The van der Waals surface area contributed by atoms with Gasteiger partial charge in [-0.3, -0.25) is 9.69 Å². The van der Waals surface area contributed by atoms with Crippen molar-refractivity contribution in [1.82, 2.24) is 4.90 Å². The number of Topliss-reactive ketones (excluding diaryl/α,β-unsaturated/α-hetero) is 1. The number of nitrogens with zero attached hydrogens (tertiary/aromatic N) is 1. The highest BCUT2D eigenvalue weighted by Gasteiger charge is 2.49. The summed E-state index contributed by atoms with van der Waals surface area (Å²) in [5, 5.41) is 0. The lowest BCUT2D eigenvalue weighted by Crippen LogP contribution is -2.34. The number of alkyl halides is 1. The largest absolute Gasteiger partial charge is 0.300 e. The number of halogens is 1. The zero-order chi connectivity index (χ0) is 11.6. The van der Waals surface area contributed by atoms with Gasteiger partial charge in [-0.1, -0.05) is 13.8 Å². The van der Waals surface area contributed by atoms with E-state index in [0.29, 0.717) is 13.0 Å². The van der Waals surface area contributed by atoms with E-state index in [2.05, 4.69) is 11.8 Å². The molecule has 3 atom stereocenters. The number of carbonyl (C=O) groups is 1. The van der Waals surface area contributed by atoms with Gasteiger partial charge in [-0.2, -0.15) is 0 Å². The second-order valence-electron chi connectivity index (χ2n) is 4.72. The van der Waals surface area contributed by atoms with Gasteiger partial charge in [0.05, 0.1) is 0 Å². The lowest BCUT2D eigenvalue weighted by atomic mass is 9.90. The lowest BCUT2D eigenvalue weighted by molar-refractivity contribution is -0.120. The molecule has 2 fully saturated rings. The molecule has 0 amide bonds. The second kappa shape index (κ2) is 4.60. The van der Waals surface area contributed by atoms with Gasteiger partial charge in [0.15, 0.2) is 0 Å². The van der Waals surface area contributed by atoms with Gasteiger partial charge in [0.25, 0.3) is 0 Å². The summed E-state index contributed by atoms with van der Waals surface area (Å²) in [6.07, 6.45) is 0.775. The smallest absolute Gasteiger partial charge is 0.134 e. The van der Waals surface area contributed by atoms with Gasteiger partial charge < -0.3 is 0 Å². The van der Waals surface area contributed by atoms with E-state index < -0.39 is 6.17 Å². The van der Waals surface area contributed by atoms with Crippen molar-refractivity contribution in [2.24, 2.45) is 5.92 Å². The zero-order valence-electron chi connectivity index (χ0n) is 10.2. The molecule has 0 aromatic carbocycles. The highest BCUT2D eigenvalue weighted by atomic mass is 19.1. The van der Waals surface area contributed by atoms with E-state index in [4.69, 9.17) is 0 Å². The van der Waals surface area contributed by atoms with E-state index in [0.717, 1.165) is 13.0 Å². The molecule has 0 aliphatic carbocycles. The minimum Gasteiger partial charge on any atom is -0.300 e. The maximum atomic E-state index is 13.1. The Morgan fingerprint density at radius 2 is 1.93 bits per heavy atom. The van der Waals surface area contributed by atoms with Crippen LogP contribution in [0.5, 0.6) is 0 Å². The van der Waals surface area contributed by atoms with Crippen LogP contribution >= 0.6 is 0 Å². The van der Waals surface area contributed by atoms with Crippen LogP contribution in [0.2, 0.25) is 0 Å². The maximum absolute atomic E-state index is 13.1. The number of ketones is 1. The average Bonchev–Trinajstić information content (AvgIpc) is 2.58. The second-order valence-corrected chi connectivity index (χ2v) is 4.72.